The van der Waals surface area contributed by atoms with E-state index in [1.54, 1.807) is 36.4 Å². The standard InChI is InChI=1S/C23H21N3O5S/c1-3-30-19-12-16(6-9-18(19)31-11-10-24)13-20-22(28)26(23(29)32-20)14-21(27)25-17-7-4-15(2)5-8-17/h4-9,12-13H,3,11,14H2,1-2H3,(H,25,27)/b20-13+. The maximum absolute atomic E-state index is 12.7. The van der Waals surface area contributed by atoms with E-state index in [-0.39, 0.29) is 18.1 Å². The number of hydrogen-bond donors (Lipinski definition) is 1. The monoisotopic (exact) mass is 451 g/mol. The van der Waals surface area contributed by atoms with Crippen LogP contribution in [0.25, 0.3) is 6.08 Å². The largest absolute Gasteiger partial charge is 0.490 e. The van der Waals surface area contributed by atoms with Crippen molar-refractivity contribution in [1.29, 1.82) is 5.26 Å². The van der Waals surface area contributed by atoms with Crippen LogP contribution in [-0.4, -0.2) is 41.7 Å². The molecule has 9 heteroatoms. The first-order valence-corrected chi connectivity index (χ1v) is 10.6. The van der Waals surface area contributed by atoms with Crippen molar-refractivity contribution in [3.63, 3.8) is 0 Å². The summed E-state index contributed by atoms with van der Waals surface area (Å²) >= 11 is 0.768. The summed E-state index contributed by atoms with van der Waals surface area (Å²) in [4.78, 5) is 38.5. The fourth-order valence-electron chi connectivity index (χ4n) is 2.88. The van der Waals surface area contributed by atoms with Crippen LogP contribution >= 0.6 is 11.8 Å². The van der Waals surface area contributed by atoms with Crippen LogP contribution in [0.1, 0.15) is 18.1 Å². The number of anilines is 1. The van der Waals surface area contributed by atoms with Crippen LogP contribution in [0.15, 0.2) is 47.4 Å². The van der Waals surface area contributed by atoms with Gasteiger partial charge in [-0.2, -0.15) is 5.26 Å². The first-order chi connectivity index (χ1) is 15.4. The first kappa shape index (κ1) is 22.9. The highest BCUT2D eigenvalue weighted by atomic mass is 32.2. The van der Waals surface area contributed by atoms with Crippen molar-refractivity contribution in [3.05, 3.63) is 58.5 Å². The Morgan fingerprint density at radius 2 is 1.91 bits per heavy atom. The normalized spacial score (nSPS) is 14.4. The summed E-state index contributed by atoms with van der Waals surface area (Å²) in [6, 6.07) is 14.1. The Hall–Kier alpha value is -3.77. The van der Waals surface area contributed by atoms with E-state index in [2.05, 4.69) is 5.32 Å². The average molecular weight is 452 g/mol. The van der Waals surface area contributed by atoms with Crippen LogP contribution in [0.2, 0.25) is 0 Å². The van der Waals surface area contributed by atoms with Gasteiger partial charge in [0.25, 0.3) is 11.1 Å². The summed E-state index contributed by atoms with van der Waals surface area (Å²) < 4.78 is 10.9. The lowest BCUT2D eigenvalue weighted by molar-refractivity contribution is -0.127. The predicted molar refractivity (Wildman–Crippen MR) is 121 cm³/mol. The number of aryl methyl sites for hydroxylation is 1. The number of rotatable bonds is 8. The van der Waals surface area contributed by atoms with Gasteiger partial charge in [-0.15, -0.1) is 0 Å². The molecule has 3 amide bonds. The lowest BCUT2D eigenvalue weighted by Gasteiger charge is -2.12. The number of ether oxygens (including phenoxy) is 2. The minimum absolute atomic E-state index is 0.122. The van der Waals surface area contributed by atoms with Gasteiger partial charge in [0.2, 0.25) is 5.91 Å². The molecule has 0 atom stereocenters. The second-order valence-electron chi connectivity index (χ2n) is 6.77. The molecule has 0 aliphatic carbocycles. The zero-order valence-electron chi connectivity index (χ0n) is 17.6. The Morgan fingerprint density at radius 3 is 2.59 bits per heavy atom. The third kappa shape index (κ3) is 5.68. The average Bonchev–Trinajstić information content (AvgIpc) is 3.02. The number of carbonyl (C=O) groups excluding carboxylic acids is 3. The molecule has 8 nitrogen and oxygen atoms in total. The van der Waals surface area contributed by atoms with Gasteiger partial charge in [-0.05, 0) is 61.5 Å². The van der Waals surface area contributed by atoms with Gasteiger partial charge >= 0.3 is 0 Å². The highest BCUT2D eigenvalue weighted by Gasteiger charge is 2.36. The zero-order valence-corrected chi connectivity index (χ0v) is 18.4. The SMILES string of the molecule is CCOc1cc(/C=C2/SC(=O)N(CC(=O)Nc3ccc(C)cc3)C2=O)ccc1OCC#N. The van der Waals surface area contributed by atoms with E-state index in [4.69, 9.17) is 14.7 Å². The smallest absolute Gasteiger partial charge is 0.294 e. The van der Waals surface area contributed by atoms with Gasteiger partial charge in [-0.25, -0.2) is 0 Å². The molecule has 1 fully saturated rings. The summed E-state index contributed by atoms with van der Waals surface area (Å²) in [6.07, 6.45) is 1.55. The highest BCUT2D eigenvalue weighted by molar-refractivity contribution is 8.18. The van der Waals surface area contributed by atoms with E-state index in [1.165, 1.54) is 0 Å². The lowest BCUT2D eigenvalue weighted by atomic mass is 10.2. The second kappa shape index (κ2) is 10.5. The Morgan fingerprint density at radius 1 is 1.16 bits per heavy atom. The molecular weight excluding hydrogens is 430 g/mol. The molecule has 32 heavy (non-hydrogen) atoms. The number of imide groups is 1. The molecular formula is C23H21N3O5S. The molecule has 1 heterocycles. The van der Waals surface area contributed by atoms with Gasteiger partial charge in [0, 0.05) is 5.69 Å². The molecule has 1 aliphatic rings. The molecule has 0 saturated carbocycles. The van der Waals surface area contributed by atoms with Gasteiger partial charge in [0.05, 0.1) is 11.5 Å². The van der Waals surface area contributed by atoms with E-state index in [0.717, 1.165) is 22.2 Å². The van der Waals surface area contributed by atoms with Gasteiger partial charge in [0.1, 0.15) is 12.6 Å². The number of carbonyl (C=O) groups is 3. The Labute approximate surface area is 189 Å². The molecule has 3 rings (SSSR count). The van der Waals surface area contributed by atoms with E-state index in [9.17, 15) is 14.4 Å². The predicted octanol–water partition coefficient (Wildman–Crippen LogP) is 3.97. The van der Waals surface area contributed by atoms with Crippen LogP contribution < -0.4 is 14.8 Å². The van der Waals surface area contributed by atoms with Gasteiger partial charge < -0.3 is 14.8 Å². The lowest BCUT2D eigenvalue weighted by Crippen LogP contribution is -2.36. The van der Waals surface area contributed by atoms with Crippen LogP contribution in [-0.2, 0) is 9.59 Å². The minimum Gasteiger partial charge on any atom is -0.490 e. The number of nitriles is 1. The van der Waals surface area contributed by atoms with Crippen LogP contribution in [0.5, 0.6) is 11.5 Å². The minimum atomic E-state index is -0.540. The number of nitrogens with zero attached hydrogens (tertiary/aromatic N) is 2. The van der Waals surface area contributed by atoms with Crippen molar-refractivity contribution in [1.82, 2.24) is 4.90 Å². The van der Waals surface area contributed by atoms with E-state index >= 15 is 0 Å². The molecule has 1 saturated heterocycles. The van der Waals surface area contributed by atoms with Crippen molar-refractivity contribution >= 4 is 40.6 Å². The summed E-state index contributed by atoms with van der Waals surface area (Å²) in [6.45, 7) is 3.64. The molecule has 0 radical (unpaired) electrons. The first-order valence-electron chi connectivity index (χ1n) is 9.79. The quantitative estimate of drug-likeness (QED) is 0.605. The van der Waals surface area contributed by atoms with Crippen LogP contribution in [0.3, 0.4) is 0 Å². The second-order valence-corrected chi connectivity index (χ2v) is 7.76. The van der Waals surface area contributed by atoms with Crippen LogP contribution in [0.4, 0.5) is 10.5 Å². The molecule has 1 N–H and O–H groups in total. The maximum Gasteiger partial charge on any atom is 0.294 e. The molecule has 164 valence electrons. The summed E-state index contributed by atoms with van der Waals surface area (Å²) in [5.74, 6) is -0.170. The Balaban J connectivity index is 1.71. The molecule has 0 spiro atoms. The highest BCUT2D eigenvalue weighted by Crippen LogP contribution is 2.34. The van der Waals surface area contributed by atoms with E-state index in [1.807, 2.05) is 32.0 Å². The molecule has 1 aliphatic heterocycles. The number of hydrogen-bond acceptors (Lipinski definition) is 7. The maximum atomic E-state index is 12.7. The molecule has 0 unspecified atom stereocenters. The summed E-state index contributed by atoms with van der Waals surface area (Å²) in [5.41, 5.74) is 2.26. The number of amides is 3. The number of thioether (sulfide) groups is 1. The zero-order chi connectivity index (χ0) is 23.1. The van der Waals surface area contributed by atoms with Crippen molar-refractivity contribution in [2.24, 2.45) is 0 Å². The summed E-state index contributed by atoms with van der Waals surface area (Å²) in [5, 5.41) is 10.9. The van der Waals surface area contributed by atoms with Crippen molar-refractivity contribution in [2.45, 2.75) is 13.8 Å². The number of benzene rings is 2. The van der Waals surface area contributed by atoms with Gasteiger partial charge in [-0.3, -0.25) is 19.3 Å². The van der Waals surface area contributed by atoms with Crippen molar-refractivity contribution in [3.8, 4) is 17.6 Å². The fourth-order valence-corrected chi connectivity index (χ4v) is 3.72. The molecule has 2 aromatic rings. The van der Waals surface area contributed by atoms with Gasteiger partial charge in [0.15, 0.2) is 18.1 Å². The molecule has 0 bridgehead atoms. The van der Waals surface area contributed by atoms with Crippen molar-refractivity contribution < 1.29 is 23.9 Å². The molecule has 2 aromatic carbocycles. The van der Waals surface area contributed by atoms with Crippen molar-refractivity contribution in [2.75, 3.05) is 25.1 Å². The van der Waals surface area contributed by atoms with Crippen LogP contribution in [0, 0.1) is 18.3 Å². The molecule has 0 aromatic heterocycles. The third-order valence-corrected chi connectivity index (χ3v) is 5.28. The van der Waals surface area contributed by atoms with E-state index < -0.39 is 17.1 Å². The Bertz CT molecular complexity index is 1110. The topological polar surface area (TPSA) is 109 Å². The Kier molecular flexibility index (Phi) is 7.52. The third-order valence-electron chi connectivity index (χ3n) is 4.37. The summed E-state index contributed by atoms with van der Waals surface area (Å²) in [7, 11) is 0. The number of nitrogens with one attached hydrogen (secondary N) is 1. The van der Waals surface area contributed by atoms with Gasteiger partial charge in [-0.1, -0.05) is 23.8 Å². The van der Waals surface area contributed by atoms with E-state index in [0.29, 0.717) is 29.4 Å². The fraction of sp³-hybridized carbons (Fsp3) is 0.217.